The number of para-hydroxylation sites is 4. The third-order valence-corrected chi connectivity index (χ3v) is 10.7. The normalized spacial score (nSPS) is 13.4. The van der Waals surface area contributed by atoms with Gasteiger partial charge in [-0.25, -0.2) is 4.98 Å². The molecule has 0 spiro atoms. The van der Waals surface area contributed by atoms with Crippen LogP contribution < -0.4 is 15.9 Å². The molecule has 0 saturated carbocycles. The molecule has 5 aromatic carbocycles. The van der Waals surface area contributed by atoms with Crippen LogP contribution in [0.25, 0.3) is 49.3 Å². The van der Waals surface area contributed by atoms with Crippen LogP contribution >= 0.6 is 7.14 Å². The molecule has 0 fully saturated rings. The Hall–Kier alpha value is -4.79. The van der Waals surface area contributed by atoms with E-state index in [0.717, 1.165) is 59.9 Å². The van der Waals surface area contributed by atoms with Gasteiger partial charge in [0, 0.05) is 38.3 Å². The summed E-state index contributed by atoms with van der Waals surface area (Å²) in [6.07, 6.45) is 1.79. The predicted molar refractivity (Wildman–Crippen MR) is 162 cm³/mol. The van der Waals surface area contributed by atoms with Crippen LogP contribution in [0.15, 0.2) is 134 Å². The largest absolute Gasteiger partial charge is 0.309 e. The molecule has 39 heavy (non-hydrogen) atoms. The van der Waals surface area contributed by atoms with E-state index in [2.05, 4.69) is 40.8 Å². The minimum Gasteiger partial charge on any atom is -0.309 e. The number of aromatic nitrogens is 3. The summed E-state index contributed by atoms with van der Waals surface area (Å²) in [5, 5.41) is 6.27. The van der Waals surface area contributed by atoms with E-state index in [1.165, 1.54) is 0 Å². The second kappa shape index (κ2) is 8.36. The van der Waals surface area contributed by atoms with Gasteiger partial charge in [0.2, 0.25) is 0 Å². The Morgan fingerprint density at radius 3 is 2.15 bits per heavy atom. The molecular weight excluding hydrogens is 497 g/mol. The van der Waals surface area contributed by atoms with Crippen LogP contribution in [-0.4, -0.2) is 14.4 Å². The average Bonchev–Trinajstić information content (AvgIpc) is 3.41. The Balaban J connectivity index is 1.59. The van der Waals surface area contributed by atoms with E-state index in [-0.39, 0.29) is 0 Å². The minimum atomic E-state index is -3.37. The third kappa shape index (κ3) is 3.16. The maximum atomic E-state index is 15.8. The van der Waals surface area contributed by atoms with Crippen molar-refractivity contribution in [3.05, 3.63) is 134 Å². The van der Waals surface area contributed by atoms with Crippen molar-refractivity contribution in [2.75, 3.05) is 0 Å². The van der Waals surface area contributed by atoms with E-state index in [1.54, 1.807) is 6.20 Å². The Kier molecular flexibility index (Phi) is 4.76. The summed E-state index contributed by atoms with van der Waals surface area (Å²) in [4.78, 5) is 9.86. The number of pyridine rings is 2. The second-order valence-electron chi connectivity index (χ2n) is 9.81. The average molecular weight is 520 g/mol. The van der Waals surface area contributed by atoms with E-state index in [4.69, 9.17) is 9.97 Å². The van der Waals surface area contributed by atoms with Gasteiger partial charge < -0.3 is 4.57 Å². The maximum absolute atomic E-state index is 15.8. The monoisotopic (exact) mass is 519 g/mol. The van der Waals surface area contributed by atoms with Crippen molar-refractivity contribution in [2.24, 2.45) is 0 Å². The first kappa shape index (κ1) is 22.2. The number of fused-ring (bicyclic) bond motifs is 9. The zero-order valence-corrected chi connectivity index (χ0v) is 21.8. The molecule has 3 heterocycles. The fourth-order valence-corrected chi connectivity index (χ4v) is 8.71. The van der Waals surface area contributed by atoms with Gasteiger partial charge in [0.25, 0.3) is 0 Å². The first-order valence-corrected chi connectivity index (χ1v) is 14.7. The van der Waals surface area contributed by atoms with Crippen molar-refractivity contribution in [3.63, 3.8) is 0 Å². The molecule has 0 saturated heterocycles. The summed E-state index contributed by atoms with van der Waals surface area (Å²) in [7, 11) is -3.37. The van der Waals surface area contributed by atoms with Gasteiger partial charge in [-0.3, -0.25) is 9.38 Å². The molecule has 0 bridgehead atoms. The lowest BCUT2D eigenvalue weighted by Gasteiger charge is -2.22. The molecule has 3 aromatic heterocycles. The lowest BCUT2D eigenvalue weighted by Crippen LogP contribution is -2.26. The Labute approximate surface area is 224 Å². The molecule has 4 nitrogen and oxygen atoms in total. The van der Waals surface area contributed by atoms with Crippen LogP contribution in [0.2, 0.25) is 0 Å². The molecule has 0 aliphatic rings. The third-order valence-electron chi connectivity index (χ3n) is 7.66. The maximum Gasteiger partial charge on any atom is 0.173 e. The highest BCUT2D eigenvalue weighted by Crippen LogP contribution is 2.46. The van der Waals surface area contributed by atoms with E-state index in [0.29, 0.717) is 5.30 Å². The first-order chi connectivity index (χ1) is 19.2. The SMILES string of the molecule is O=P(c1ccccc1)(c1cnc2ccccc2c1)c1cccc2c3ccccc3n3c4ccccc4nc3c12. The molecule has 0 aliphatic heterocycles. The standard InChI is InChI=1S/C34H22N3OP/c38-39(24-12-2-1-3-13-24,25-21-23-11-4-6-16-28(23)35-22-25)32-20-10-15-27-26-14-5-8-18-30(26)37-31-19-9-7-17-29(31)36-34(37)33(27)32/h1-22H. The number of benzene rings is 5. The van der Waals surface area contributed by atoms with E-state index >= 15 is 4.57 Å². The van der Waals surface area contributed by atoms with E-state index in [1.807, 2.05) is 91.0 Å². The molecule has 8 rings (SSSR count). The quantitative estimate of drug-likeness (QED) is 0.187. The van der Waals surface area contributed by atoms with Gasteiger partial charge in [0.05, 0.1) is 22.1 Å². The molecule has 8 aromatic rings. The Morgan fingerprint density at radius 2 is 1.28 bits per heavy atom. The molecule has 184 valence electrons. The molecule has 5 heteroatoms. The lowest BCUT2D eigenvalue weighted by atomic mass is 10.1. The lowest BCUT2D eigenvalue weighted by molar-refractivity contribution is 0.592. The van der Waals surface area contributed by atoms with Crippen molar-refractivity contribution in [1.82, 2.24) is 14.4 Å². The van der Waals surface area contributed by atoms with Crippen LogP contribution in [0.1, 0.15) is 0 Å². The number of hydrogen-bond donors (Lipinski definition) is 0. The number of imidazole rings is 1. The van der Waals surface area contributed by atoms with Crippen molar-refractivity contribution in [1.29, 1.82) is 0 Å². The number of hydrogen-bond acceptors (Lipinski definition) is 3. The highest BCUT2D eigenvalue weighted by Gasteiger charge is 2.33. The Morgan fingerprint density at radius 1 is 0.590 bits per heavy atom. The number of nitrogens with zero attached hydrogens (tertiary/aromatic N) is 3. The van der Waals surface area contributed by atoms with Crippen LogP contribution in [0.5, 0.6) is 0 Å². The fourth-order valence-electron chi connectivity index (χ4n) is 5.89. The van der Waals surface area contributed by atoms with Crippen molar-refractivity contribution in [2.45, 2.75) is 0 Å². The molecule has 0 aliphatic carbocycles. The first-order valence-electron chi connectivity index (χ1n) is 13.0. The van der Waals surface area contributed by atoms with Crippen LogP contribution in [-0.2, 0) is 4.57 Å². The summed E-state index contributed by atoms with van der Waals surface area (Å²) < 4.78 is 18.0. The van der Waals surface area contributed by atoms with Gasteiger partial charge in [0.1, 0.15) is 5.65 Å². The molecular formula is C34H22N3OP. The summed E-state index contributed by atoms with van der Waals surface area (Å²) in [5.41, 5.74) is 4.71. The van der Waals surface area contributed by atoms with Gasteiger partial charge in [-0.2, -0.15) is 0 Å². The molecule has 1 unspecified atom stereocenters. The zero-order valence-electron chi connectivity index (χ0n) is 20.9. The minimum absolute atomic E-state index is 0.710. The van der Waals surface area contributed by atoms with Crippen molar-refractivity contribution in [3.8, 4) is 0 Å². The fraction of sp³-hybridized carbons (Fsp3) is 0. The van der Waals surface area contributed by atoms with Crippen LogP contribution in [0, 0.1) is 0 Å². The highest BCUT2D eigenvalue weighted by molar-refractivity contribution is 7.85. The highest BCUT2D eigenvalue weighted by atomic mass is 31.2. The van der Waals surface area contributed by atoms with Crippen molar-refractivity contribution < 1.29 is 4.57 Å². The second-order valence-corrected chi connectivity index (χ2v) is 12.5. The molecule has 1 atom stereocenters. The van der Waals surface area contributed by atoms with Crippen LogP contribution in [0.3, 0.4) is 0 Å². The van der Waals surface area contributed by atoms with Gasteiger partial charge >= 0.3 is 0 Å². The predicted octanol–water partition coefficient (Wildman–Crippen LogP) is 6.98. The zero-order chi connectivity index (χ0) is 26.0. The molecule has 0 radical (unpaired) electrons. The van der Waals surface area contributed by atoms with Gasteiger partial charge in [-0.05, 0) is 35.7 Å². The van der Waals surface area contributed by atoms with Crippen molar-refractivity contribution >= 4 is 72.3 Å². The Bertz CT molecular complexity index is 2270. The van der Waals surface area contributed by atoms with E-state index in [9.17, 15) is 0 Å². The van der Waals surface area contributed by atoms with Gasteiger partial charge in [0.15, 0.2) is 7.14 Å². The summed E-state index contributed by atoms with van der Waals surface area (Å²) in [6.45, 7) is 0. The smallest absolute Gasteiger partial charge is 0.173 e. The van der Waals surface area contributed by atoms with E-state index < -0.39 is 7.14 Å². The topological polar surface area (TPSA) is 47.3 Å². The summed E-state index contributed by atoms with van der Waals surface area (Å²) >= 11 is 0. The van der Waals surface area contributed by atoms with Crippen LogP contribution in [0.4, 0.5) is 0 Å². The number of rotatable bonds is 3. The summed E-state index contributed by atoms with van der Waals surface area (Å²) in [5.74, 6) is 0. The molecule has 0 amide bonds. The van der Waals surface area contributed by atoms with Gasteiger partial charge in [-0.15, -0.1) is 0 Å². The summed E-state index contributed by atoms with van der Waals surface area (Å²) in [6, 6.07) is 42.5. The van der Waals surface area contributed by atoms with Gasteiger partial charge in [-0.1, -0.05) is 97.1 Å². The molecule has 0 N–H and O–H groups in total.